The first-order chi connectivity index (χ1) is 15.2. The van der Waals surface area contributed by atoms with Crippen molar-refractivity contribution in [3.05, 3.63) is 71.3 Å². The van der Waals surface area contributed by atoms with Crippen LogP contribution in [0, 0.1) is 0 Å². The molecule has 0 unspecified atom stereocenters. The van der Waals surface area contributed by atoms with Gasteiger partial charge in [0, 0.05) is 45.3 Å². The number of hydrogen-bond acceptors (Lipinski definition) is 4. The lowest BCUT2D eigenvalue weighted by atomic mass is 10.0. The largest absolute Gasteiger partial charge is 0.358 e. The molecule has 2 heterocycles. The Kier molecular flexibility index (Phi) is 6.99. The topological polar surface area (TPSA) is 55.9 Å². The summed E-state index contributed by atoms with van der Waals surface area (Å²) in [6, 6.07) is 17.8. The van der Waals surface area contributed by atoms with Crippen LogP contribution in [0.15, 0.2) is 54.6 Å². The summed E-state index contributed by atoms with van der Waals surface area (Å²) in [6.07, 6.45) is 2.46. The Morgan fingerprint density at radius 1 is 0.903 bits per heavy atom. The number of likely N-dealkylation sites (N-methyl/N-ethyl adjacent to an activating group) is 1. The zero-order valence-corrected chi connectivity index (χ0v) is 18.3. The Morgan fingerprint density at radius 3 is 2.35 bits per heavy atom. The number of nitrogens with one attached hydrogen (secondary N) is 1. The maximum atomic E-state index is 13.5. The second-order valence-corrected chi connectivity index (χ2v) is 8.48. The molecule has 2 fully saturated rings. The maximum absolute atomic E-state index is 13.5. The summed E-state index contributed by atoms with van der Waals surface area (Å²) in [5.74, 6) is -0.0122. The number of benzene rings is 2. The molecule has 2 aliphatic rings. The van der Waals surface area contributed by atoms with Gasteiger partial charge in [0.25, 0.3) is 5.91 Å². The van der Waals surface area contributed by atoms with E-state index in [4.69, 9.17) is 0 Å². The molecule has 6 nitrogen and oxygen atoms in total. The summed E-state index contributed by atoms with van der Waals surface area (Å²) < 4.78 is 0. The van der Waals surface area contributed by atoms with E-state index in [2.05, 4.69) is 33.3 Å². The van der Waals surface area contributed by atoms with Gasteiger partial charge in [0.2, 0.25) is 5.91 Å². The highest BCUT2D eigenvalue weighted by molar-refractivity contribution is 5.96. The van der Waals surface area contributed by atoms with Crippen LogP contribution in [0.25, 0.3) is 0 Å². The minimum absolute atomic E-state index is 0.0306. The highest BCUT2D eigenvalue weighted by Crippen LogP contribution is 2.21. The molecule has 2 amide bonds. The van der Waals surface area contributed by atoms with Crippen LogP contribution < -0.4 is 5.32 Å². The zero-order chi connectivity index (χ0) is 21.6. The van der Waals surface area contributed by atoms with Crippen molar-refractivity contribution in [3.63, 3.8) is 0 Å². The molecule has 1 N–H and O–H groups in total. The molecule has 0 radical (unpaired) electrons. The predicted molar refractivity (Wildman–Crippen MR) is 122 cm³/mol. The van der Waals surface area contributed by atoms with Crippen LogP contribution >= 0.6 is 0 Å². The number of piperazine rings is 1. The standard InChI is InChI=1S/C25H32N4O2/c1-26-24(30)23-19-29(16-15-28(23)17-20-9-3-2-4-10-20)25(31)22-12-6-5-11-21(22)18-27-13-7-8-14-27/h2-6,9-12,23H,7-8,13-19H2,1H3,(H,26,30)/t23-/m1/s1. The van der Waals surface area contributed by atoms with Gasteiger partial charge in [0.1, 0.15) is 6.04 Å². The van der Waals surface area contributed by atoms with Gasteiger partial charge in [0.05, 0.1) is 0 Å². The van der Waals surface area contributed by atoms with Gasteiger partial charge in [-0.3, -0.25) is 19.4 Å². The van der Waals surface area contributed by atoms with E-state index in [1.165, 1.54) is 18.4 Å². The summed E-state index contributed by atoms with van der Waals surface area (Å²) in [7, 11) is 1.66. The number of rotatable bonds is 6. The quantitative estimate of drug-likeness (QED) is 0.780. The first kappa shape index (κ1) is 21.5. The van der Waals surface area contributed by atoms with E-state index in [9.17, 15) is 9.59 Å². The minimum atomic E-state index is -0.353. The summed E-state index contributed by atoms with van der Waals surface area (Å²) in [4.78, 5) is 32.6. The molecular weight excluding hydrogens is 388 g/mol. The van der Waals surface area contributed by atoms with E-state index in [1.807, 2.05) is 41.3 Å². The van der Waals surface area contributed by atoms with Crippen LogP contribution in [0.1, 0.15) is 34.3 Å². The lowest BCUT2D eigenvalue weighted by Gasteiger charge is -2.40. The Hall–Kier alpha value is -2.70. The fraction of sp³-hybridized carbons (Fsp3) is 0.440. The highest BCUT2D eigenvalue weighted by Gasteiger charge is 2.34. The summed E-state index contributed by atoms with van der Waals surface area (Å²) in [5, 5.41) is 2.78. The van der Waals surface area contributed by atoms with Gasteiger partial charge in [0.15, 0.2) is 0 Å². The number of nitrogens with zero attached hydrogens (tertiary/aromatic N) is 3. The highest BCUT2D eigenvalue weighted by atomic mass is 16.2. The third-order valence-corrected chi connectivity index (χ3v) is 6.40. The lowest BCUT2D eigenvalue weighted by Crippen LogP contribution is -2.59. The Morgan fingerprint density at radius 2 is 1.61 bits per heavy atom. The maximum Gasteiger partial charge on any atom is 0.254 e. The molecule has 4 rings (SSSR count). The lowest BCUT2D eigenvalue weighted by molar-refractivity contribution is -0.128. The van der Waals surface area contributed by atoms with Crippen molar-refractivity contribution in [1.29, 1.82) is 0 Å². The van der Waals surface area contributed by atoms with E-state index in [0.717, 1.165) is 30.8 Å². The molecule has 2 aromatic rings. The molecule has 0 saturated carbocycles. The molecule has 2 aromatic carbocycles. The Labute approximate surface area is 184 Å². The second kappa shape index (κ2) is 10.1. The fourth-order valence-corrected chi connectivity index (χ4v) is 4.65. The van der Waals surface area contributed by atoms with E-state index in [1.54, 1.807) is 7.05 Å². The summed E-state index contributed by atoms with van der Waals surface area (Å²) in [5.41, 5.74) is 3.02. The SMILES string of the molecule is CNC(=O)[C@H]1CN(C(=O)c2ccccc2CN2CCCC2)CCN1Cc1ccccc1. The van der Waals surface area contributed by atoms with Gasteiger partial charge in [-0.25, -0.2) is 0 Å². The van der Waals surface area contributed by atoms with Gasteiger partial charge in [-0.05, 0) is 43.1 Å². The van der Waals surface area contributed by atoms with E-state index >= 15 is 0 Å². The van der Waals surface area contributed by atoms with E-state index in [-0.39, 0.29) is 17.9 Å². The van der Waals surface area contributed by atoms with Crippen molar-refractivity contribution in [1.82, 2.24) is 20.0 Å². The van der Waals surface area contributed by atoms with Gasteiger partial charge in [-0.1, -0.05) is 48.5 Å². The third-order valence-electron chi connectivity index (χ3n) is 6.40. The van der Waals surface area contributed by atoms with Crippen molar-refractivity contribution in [2.75, 3.05) is 39.8 Å². The van der Waals surface area contributed by atoms with Crippen LogP contribution in [0.3, 0.4) is 0 Å². The minimum Gasteiger partial charge on any atom is -0.358 e. The van der Waals surface area contributed by atoms with Crippen molar-refractivity contribution in [2.24, 2.45) is 0 Å². The monoisotopic (exact) mass is 420 g/mol. The van der Waals surface area contributed by atoms with Crippen molar-refractivity contribution < 1.29 is 9.59 Å². The van der Waals surface area contributed by atoms with Crippen molar-refractivity contribution in [2.45, 2.75) is 32.0 Å². The number of hydrogen-bond donors (Lipinski definition) is 1. The summed E-state index contributed by atoms with van der Waals surface area (Å²) in [6.45, 7) is 5.41. The Balaban J connectivity index is 1.49. The molecule has 0 spiro atoms. The molecule has 31 heavy (non-hydrogen) atoms. The van der Waals surface area contributed by atoms with Crippen LogP contribution in [0.5, 0.6) is 0 Å². The van der Waals surface area contributed by atoms with E-state index < -0.39 is 0 Å². The average Bonchev–Trinajstić information content (AvgIpc) is 3.32. The van der Waals surface area contributed by atoms with Crippen LogP contribution in [-0.4, -0.2) is 72.3 Å². The molecule has 0 aliphatic carbocycles. The Bertz CT molecular complexity index is 895. The van der Waals surface area contributed by atoms with Crippen LogP contribution in [0.4, 0.5) is 0 Å². The van der Waals surface area contributed by atoms with Crippen LogP contribution in [-0.2, 0) is 17.9 Å². The van der Waals surface area contributed by atoms with Gasteiger partial charge < -0.3 is 10.2 Å². The fourth-order valence-electron chi connectivity index (χ4n) is 4.65. The smallest absolute Gasteiger partial charge is 0.254 e. The van der Waals surface area contributed by atoms with Crippen molar-refractivity contribution in [3.8, 4) is 0 Å². The van der Waals surface area contributed by atoms with Gasteiger partial charge in [-0.2, -0.15) is 0 Å². The first-order valence-corrected chi connectivity index (χ1v) is 11.2. The molecular formula is C25H32N4O2. The van der Waals surface area contributed by atoms with Gasteiger partial charge in [-0.15, -0.1) is 0 Å². The first-order valence-electron chi connectivity index (χ1n) is 11.2. The normalized spacial score (nSPS) is 20.0. The van der Waals surface area contributed by atoms with Crippen molar-refractivity contribution >= 4 is 11.8 Å². The van der Waals surface area contributed by atoms with Gasteiger partial charge >= 0.3 is 0 Å². The predicted octanol–water partition coefficient (Wildman–Crippen LogP) is 2.35. The third kappa shape index (κ3) is 5.14. The van der Waals surface area contributed by atoms with Crippen LogP contribution in [0.2, 0.25) is 0 Å². The number of likely N-dealkylation sites (tertiary alicyclic amines) is 1. The number of amides is 2. The number of carbonyl (C=O) groups excluding carboxylic acids is 2. The number of carbonyl (C=O) groups is 2. The average molecular weight is 421 g/mol. The molecule has 6 heteroatoms. The zero-order valence-electron chi connectivity index (χ0n) is 18.3. The molecule has 0 bridgehead atoms. The molecule has 164 valence electrons. The summed E-state index contributed by atoms with van der Waals surface area (Å²) >= 11 is 0. The van der Waals surface area contributed by atoms with E-state index in [0.29, 0.717) is 26.2 Å². The molecule has 2 saturated heterocycles. The molecule has 0 aromatic heterocycles. The molecule has 2 aliphatic heterocycles. The second-order valence-electron chi connectivity index (χ2n) is 8.48. The molecule has 1 atom stereocenters.